The van der Waals surface area contributed by atoms with Crippen molar-refractivity contribution in [2.45, 2.75) is 43.9 Å². The van der Waals surface area contributed by atoms with Crippen LogP contribution in [0.25, 0.3) is 0 Å². The molecule has 2 fully saturated rings. The molecule has 2 N–H and O–H groups in total. The van der Waals surface area contributed by atoms with Gasteiger partial charge in [-0.2, -0.15) is 11.8 Å². The average molecular weight is 292 g/mol. The van der Waals surface area contributed by atoms with Crippen LogP contribution < -0.4 is 10.0 Å². The van der Waals surface area contributed by atoms with Gasteiger partial charge in [-0.3, -0.25) is 0 Å². The summed E-state index contributed by atoms with van der Waals surface area (Å²) in [7, 11) is -3.15. The van der Waals surface area contributed by atoms with Gasteiger partial charge in [0.2, 0.25) is 10.0 Å². The summed E-state index contributed by atoms with van der Waals surface area (Å²) in [4.78, 5) is 0. The first-order valence-corrected chi connectivity index (χ1v) is 9.57. The van der Waals surface area contributed by atoms with E-state index in [0.29, 0.717) is 25.0 Å². The molecule has 0 aromatic carbocycles. The zero-order valence-electron chi connectivity index (χ0n) is 11.0. The maximum Gasteiger partial charge on any atom is 0.215 e. The van der Waals surface area contributed by atoms with Crippen LogP contribution in [0.1, 0.15) is 32.6 Å². The molecule has 1 unspecified atom stereocenters. The highest BCUT2D eigenvalue weighted by atomic mass is 32.2. The van der Waals surface area contributed by atoms with Crippen LogP contribution in [-0.4, -0.2) is 44.3 Å². The van der Waals surface area contributed by atoms with Crippen LogP contribution in [0.3, 0.4) is 0 Å². The molecule has 0 bridgehead atoms. The summed E-state index contributed by atoms with van der Waals surface area (Å²) in [6, 6.07) is 0.568. The van der Waals surface area contributed by atoms with Crippen LogP contribution in [0.4, 0.5) is 0 Å². The van der Waals surface area contributed by atoms with E-state index in [-0.39, 0.29) is 5.25 Å². The van der Waals surface area contributed by atoms with Crippen molar-refractivity contribution < 1.29 is 8.42 Å². The molecule has 6 heteroatoms. The van der Waals surface area contributed by atoms with Gasteiger partial charge >= 0.3 is 0 Å². The molecule has 106 valence electrons. The minimum atomic E-state index is -3.15. The van der Waals surface area contributed by atoms with Crippen LogP contribution in [0, 0.1) is 5.92 Å². The SMILES string of the molecule is CC(CNC1CC1)S(=O)(=O)NCC1CCSCC1. The molecular formula is C12H24N2O2S2. The first-order valence-electron chi connectivity index (χ1n) is 6.87. The average Bonchev–Trinajstić information content (AvgIpc) is 3.19. The lowest BCUT2D eigenvalue weighted by Crippen LogP contribution is -2.41. The molecule has 0 aromatic heterocycles. The number of thioether (sulfide) groups is 1. The summed E-state index contributed by atoms with van der Waals surface area (Å²) in [5, 5.41) is 2.94. The van der Waals surface area contributed by atoms with Gasteiger partial charge in [0.1, 0.15) is 0 Å². The Morgan fingerprint density at radius 3 is 2.50 bits per heavy atom. The fourth-order valence-corrected chi connectivity index (χ4v) is 4.33. The van der Waals surface area contributed by atoms with Crippen molar-refractivity contribution in [3.8, 4) is 0 Å². The molecule has 4 nitrogen and oxygen atoms in total. The zero-order chi connectivity index (χ0) is 13.0. The Kier molecular flexibility index (Phi) is 5.35. The van der Waals surface area contributed by atoms with Crippen molar-refractivity contribution in [2.24, 2.45) is 5.92 Å². The minimum absolute atomic E-state index is 0.337. The highest BCUT2D eigenvalue weighted by molar-refractivity contribution is 7.99. The molecular weight excluding hydrogens is 268 g/mol. The van der Waals surface area contributed by atoms with E-state index < -0.39 is 10.0 Å². The number of sulfonamides is 1. The summed E-state index contributed by atoms with van der Waals surface area (Å²) in [5.41, 5.74) is 0. The Morgan fingerprint density at radius 1 is 1.22 bits per heavy atom. The molecule has 1 heterocycles. The quantitative estimate of drug-likeness (QED) is 0.740. The van der Waals surface area contributed by atoms with Gasteiger partial charge in [0.05, 0.1) is 5.25 Å². The predicted molar refractivity (Wildman–Crippen MR) is 77.5 cm³/mol. The molecule has 0 aromatic rings. The molecule has 1 saturated carbocycles. The second-order valence-electron chi connectivity index (χ2n) is 5.44. The van der Waals surface area contributed by atoms with E-state index in [1.165, 1.54) is 24.3 Å². The van der Waals surface area contributed by atoms with Crippen LogP contribution in [0.15, 0.2) is 0 Å². The Labute approximate surface area is 115 Å². The molecule has 1 atom stereocenters. The second-order valence-corrected chi connectivity index (χ2v) is 8.85. The van der Waals surface area contributed by atoms with E-state index in [2.05, 4.69) is 10.0 Å². The third kappa shape index (κ3) is 4.72. The van der Waals surface area contributed by atoms with E-state index >= 15 is 0 Å². The van der Waals surface area contributed by atoms with E-state index in [1.807, 2.05) is 11.8 Å². The molecule has 1 aliphatic heterocycles. The number of hydrogen-bond donors (Lipinski definition) is 2. The predicted octanol–water partition coefficient (Wildman–Crippen LogP) is 1.19. The van der Waals surface area contributed by atoms with Crippen molar-refractivity contribution in [3.63, 3.8) is 0 Å². The number of rotatable bonds is 7. The van der Waals surface area contributed by atoms with Gasteiger partial charge < -0.3 is 5.32 Å². The third-order valence-corrected chi connectivity index (χ3v) is 6.56. The molecule has 0 spiro atoms. The Morgan fingerprint density at radius 2 is 1.89 bits per heavy atom. The molecule has 0 radical (unpaired) electrons. The number of hydrogen-bond acceptors (Lipinski definition) is 4. The highest BCUT2D eigenvalue weighted by Gasteiger charge is 2.26. The van der Waals surface area contributed by atoms with Gasteiger partial charge in [0.15, 0.2) is 0 Å². The lowest BCUT2D eigenvalue weighted by atomic mass is 10.0. The highest BCUT2D eigenvalue weighted by Crippen LogP contribution is 2.22. The van der Waals surface area contributed by atoms with Gasteiger partial charge in [0, 0.05) is 19.1 Å². The normalized spacial score (nSPS) is 24.1. The van der Waals surface area contributed by atoms with Crippen molar-refractivity contribution >= 4 is 21.8 Å². The van der Waals surface area contributed by atoms with E-state index in [4.69, 9.17) is 0 Å². The smallest absolute Gasteiger partial charge is 0.215 e. The molecule has 1 aliphatic carbocycles. The minimum Gasteiger partial charge on any atom is -0.313 e. The standard InChI is InChI=1S/C12H24N2O2S2/c1-10(8-13-12-2-3-12)18(15,16)14-9-11-4-6-17-7-5-11/h10-14H,2-9H2,1H3. The van der Waals surface area contributed by atoms with Crippen LogP contribution in [-0.2, 0) is 10.0 Å². The van der Waals surface area contributed by atoms with Crippen molar-refractivity contribution in [1.29, 1.82) is 0 Å². The largest absolute Gasteiger partial charge is 0.313 e. The summed E-state index contributed by atoms with van der Waals surface area (Å²) in [6.45, 7) is 2.98. The van der Waals surface area contributed by atoms with Crippen LogP contribution >= 0.6 is 11.8 Å². The van der Waals surface area contributed by atoms with Gasteiger partial charge in [-0.15, -0.1) is 0 Å². The zero-order valence-corrected chi connectivity index (χ0v) is 12.7. The van der Waals surface area contributed by atoms with Crippen molar-refractivity contribution in [2.75, 3.05) is 24.6 Å². The first-order chi connectivity index (χ1) is 8.58. The van der Waals surface area contributed by atoms with E-state index in [0.717, 1.165) is 12.8 Å². The Hall–Kier alpha value is 0.220. The monoisotopic (exact) mass is 292 g/mol. The first kappa shape index (κ1) is 14.6. The fourth-order valence-electron chi connectivity index (χ4n) is 2.06. The maximum absolute atomic E-state index is 12.0. The molecule has 2 rings (SSSR count). The molecule has 2 aliphatic rings. The summed E-state index contributed by atoms with van der Waals surface area (Å²) < 4.78 is 26.9. The third-order valence-electron chi connectivity index (χ3n) is 3.72. The number of nitrogens with one attached hydrogen (secondary N) is 2. The van der Waals surface area contributed by atoms with Gasteiger partial charge in [-0.05, 0) is 50.0 Å². The van der Waals surface area contributed by atoms with Gasteiger partial charge in [0.25, 0.3) is 0 Å². The molecule has 0 amide bonds. The fraction of sp³-hybridized carbons (Fsp3) is 1.00. The van der Waals surface area contributed by atoms with Gasteiger partial charge in [-0.25, -0.2) is 13.1 Å². The topological polar surface area (TPSA) is 58.2 Å². The molecule has 18 heavy (non-hydrogen) atoms. The summed E-state index contributed by atoms with van der Waals surface area (Å²) in [6.07, 6.45) is 4.67. The second kappa shape index (κ2) is 6.59. The lowest BCUT2D eigenvalue weighted by Gasteiger charge is -2.22. The van der Waals surface area contributed by atoms with Crippen LogP contribution in [0.2, 0.25) is 0 Å². The van der Waals surface area contributed by atoms with Gasteiger partial charge in [-0.1, -0.05) is 0 Å². The molecule has 1 saturated heterocycles. The Balaban J connectivity index is 1.70. The summed E-state index contributed by atoms with van der Waals surface area (Å²) >= 11 is 1.97. The maximum atomic E-state index is 12.0. The Bertz CT molecular complexity index is 349. The van der Waals surface area contributed by atoms with Crippen molar-refractivity contribution in [1.82, 2.24) is 10.0 Å². The van der Waals surface area contributed by atoms with Crippen molar-refractivity contribution in [3.05, 3.63) is 0 Å². The van der Waals surface area contributed by atoms with E-state index in [9.17, 15) is 8.42 Å². The van der Waals surface area contributed by atoms with E-state index in [1.54, 1.807) is 6.92 Å². The lowest BCUT2D eigenvalue weighted by molar-refractivity contribution is 0.473. The summed E-state index contributed by atoms with van der Waals surface area (Å²) in [5.74, 6) is 2.88. The van der Waals surface area contributed by atoms with Crippen LogP contribution in [0.5, 0.6) is 0 Å².